The summed E-state index contributed by atoms with van der Waals surface area (Å²) < 4.78 is 5.02. The first-order chi connectivity index (χ1) is 7.73. The fourth-order valence-corrected chi connectivity index (χ4v) is 1.48. The fourth-order valence-electron chi connectivity index (χ4n) is 1.48. The molecule has 1 rings (SSSR count). The molecule has 90 valence electrons. The van der Waals surface area contributed by atoms with E-state index in [2.05, 4.69) is 11.4 Å². The van der Waals surface area contributed by atoms with E-state index in [0.717, 1.165) is 12.8 Å². The van der Waals surface area contributed by atoms with E-state index in [9.17, 15) is 9.90 Å². The van der Waals surface area contributed by atoms with Crippen LogP contribution >= 0.6 is 0 Å². The molecular weight excluding hydrogens is 206 g/mol. The maximum atomic E-state index is 10.4. The highest BCUT2D eigenvalue weighted by atomic mass is 16.6. The molecule has 0 bridgehead atoms. The van der Waals surface area contributed by atoms with Crippen molar-refractivity contribution in [2.24, 2.45) is 0 Å². The van der Waals surface area contributed by atoms with Crippen molar-refractivity contribution in [3.63, 3.8) is 0 Å². The van der Waals surface area contributed by atoms with Crippen LogP contribution in [-0.4, -0.2) is 30.0 Å². The average molecular weight is 225 g/mol. The molecule has 2 atom stereocenters. The van der Waals surface area contributed by atoms with E-state index in [0.29, 0.717) is 19.4 Å². The van der Waals surface area contributed by atoms with Gasteiger partial charge in [-0.3, -0.25) is 4.79 Å². The number of hydrogen-bond acceptors (Lipinski definition) is 3. The van der Waals surface area contributed by atoms with Crippen LogP contribution in [0.25, 0.3) is 0 Å². The molecule has 0 aromatic heterocycles. The maximum Gasteiger partial charge on any atom is 0.209 e. The topological polar surface area (TPSA) is 61.9 Å². The monoisotopic (exact) mass is 225 g/mol. The molecule has 0 aromatic rings. The van der Waals surface area contributed by atoms with Crippen molar-refractivity contribution < 1.29 is 14.6 Å². The van der Waals surface area contributed by atoms with Gasteiger partial charge in [-0.2, -0.15) is 0 Å². The number of epoxide rings is 1. The summed E-state index contributed by atoms with van der Waals surface area (Å²) in [6, 6.07) is 0. The number of nitrogens with one attached hydrogen (secondary N) is 1. The number of rotatable bonds is 8. The zero-order chi connectivity index (χ0) is 11.9. The van der Waals surface area contributed by atoms with Crippen LogP contribution in [0.3, 0.4) is 0 Å². The minimum atomic E-state index is -1.20. The maximum absolute atomic E-state index is 10.4. The van der Waals surface area contributed by atoms with Gasteiger partial charge in [0.15, 0.2) is 5.72 Å². The molecule has 0 aromatic carbocycles. The van der Waals surface area contributed by atoms with Gasteiger partial charge in [-0.25, -0.2) is 0 Å². The molecule has 16 heavy (non-hydrogen) atoms. The second-order valence-corrected chi connectivity index (χ2v) is 3.82. The summed E-state index contributed by atoms with van der Waals surface area (Å²) in [7, 11) is 0. The molecule has 1 heterocycles. The van der Waals surface area contributed by atoms with Gasteiger partial charge in [-0.05, 0) is 19.8 Å². The molecule has 0 radical (unpaired) electrons. The summed E-state index contributed by atoms with van der Waals surface area (Å²) in [5, 5.41) is 12.5. The largest absolute Gasteiger partial charge is 0.368 e. The van der Waals surface area contributed by atoms with E-state index in [1.807, 2.05) is 25.2 Å². The van der Waals surface area contributed by atoms with Crippen LogP contribution in [0.4, 0.5) is 0 Å². The average Bonchev–Trinajstić information content (AvgIpc) is 3.07. The summed E-state index contributed by atoms with van der Waals surface area (Å²) >= 11 is 0. The lowest BCUT2D eigenvalue weighted by molar-refractivity contribution is -0.118. The Hall–Kier alpha value is -1.13. The summed E-state index contributed by atoms with van der Waals surface area (Å²) in [4.78, 5) is 10.4. The fraction of sp³-hybridized carbons (Fsp3) is 0.583. The lowest BCUT2D eigenvalue weighted by atomic mass is 10.0. The van der Waals surface area contributed by atoms with Crippen LogP contribution < -0.4 is 5.32 Å². The summed E-state index contributed by atoms with van der Waals surface area (Å²) in [6.45, 7) is 2.49. The summed E-state index contributed by atoms with van der Waals surface area (Å²) in [5.41, 5.74) is -1.20. The van der Waals surface area contributed by atoms with E-state index < -0.39 is 5.72 Å². The first-order valence-electron chi connectivity index (χ1n) is 5.54. The SMILES string of the molecule is C/C=C/C/C=C/CC[C@@](O)(NC=O)[C@@H]1CO1. The number of carbonyl (C=O) groups is 1. The molecule has 1 aliphatic heterocycles. The Kier molecular flexibility index (Phi) is 5.22. The van der Waals surface area contributed by atoms with Gasteiger partial charge < -0.3 is 15.2 Å². The first kappa shape index (κ1) is 12.9. The number of hydrogen-bond donors (Lipinski definition) is 2. The summed E-state index contributed by atoms with van der Waals surface area (Å²) in [6.07, 6.45) is 10.4. The molecule has 4 nitrogen and oxygen atoms in total. The zero-order valence-electron chi connectivity index (χ0n) is 9.56. The van der Waals surface area contributed by atoms with Crippen molar-refractivity contribution in [3.05, 3.63) is 24.3 Å². The highest BCUT2D eigenvalue weighted by Crippen LogP contribution is 2.26. The normalized spacial score (nSPS) is 23.5. The second-order valence-electron chi connectivity index (χ2n) is 3.82. The van der Waals surface area contributed by atoms with E-state index in [-0.39, 0.29) is 6.10 Å². The third-order valence-electron chi connectivity index (χ3n) is 2.54. The molecular formula is C12H19NO3. The Morgan fingerprint density at radius 3 is 2.81 bits per heavy atom. The number of allylic oxidation sites excluding steroid dienone is 4. The van der Waals surface area contributed by atoms with Gasteiger partial charge in [0, 0.05) is 6.42 Å². The van der Waals surface area contributed by atoms with E-state index >= 15 is 0 Å². The van der Waals surface area contributed by atoms with Crippen molar-refractivity contribution in [2.45, 2.75) is 38.0 Å². The standard InChI is InChI=1S/C12H19NO3/c1-2-3-4-5-6-7-8-12(15,13-10-14)11-9-16-11/h2-3,5-6,10-11,15H,4,7-9H2,1H3,(H,13,14)/b3-2+,6-5+/t11-,12-/m0/s1. The predicted octanol–water partition coefficient (Wildman–Crippen LogP) is 1.12. The Morgan fingerprint density at radius 2 is 2.25 bits per heavy atom. The molecule has 0 saturated carbocycles. The molecule has 1 fully saturated rings. The quantitative estimate of drug-likeness (QED) is 0.282. The molecule has 0 aliphatic carbocycles. The Morgan fingerprint density at radius 1 is 1.50 bits per heavy atom. The predicted molar refractivity (Wildman–Crippen MR) is 61.7 cm³/mol. The molecule has 0 unspecified atom stereocenters. The smallest absolute Gasteiger partial charge is 0.209 e. The van der Waals surface area contributed by atoms with Crippen molar-refractivity contribution in [2.75, 3.05) is 6.61 Å². The zero-order valence-corrected chi connectivity index (χ0v) is 9.56. The Bertz CT molecular complexity index is 271. The van der Waals surface area contributed by atoms with Crippen molar-refractivity contribution >= 4 is 6.41 Å². The molecule has 1 aliphatic rings. The van der Waals surface area contributed by atoms with Crippen LogP contribution in [-0.2, 0) is 9.53 Å². The van der Waals surface area contributed by atoms with Gasteiger partial charge in [0.05, 0.1) is 6.61 Å². The van der Waals surface area contributed by atoms with Gasteiger partial charge in [0.2, 0.25) is 6.41 Å². The van der Waals surface area contributed by atoms with Crippen LogP contribution in [0.1, 0.15) is 26.2 Å². The van der Waals surface area contributed by atoms with Crippen LogP contribution in [0.15, 0.2) is 24.3 Å². The number of aliphatic hydroxyl groups is 1. The number of ether oxygens (including phenoxy) is 1. The highest BCUT2D eigenvalue weighted by Gasteiger charge is 2.44. The van der Waals surface area contributed by atoms with Crippen molar-refractivity contribution in [1.29, 1.82) is 0 Å². The highest BCUT2D eigenvalue weighted by molar-refractivity contribution is 5.47. The third-order valence-corrected chi connectivity index (χ3v) is 2.54. The van der Waals surface area contributed by atoms with E-state index in [4.69, 9.17) is 4.74 Å². The number of amides is 1. The van der Waals surface area contributed by atoms with E-state index in [1.54, 1.807) is 0 Å². The number of carbonyl (C=O) groups excluding carboxylic acids is 1. The molecule has 1 amide bonds. The molecule has 0 spiro atoms. The van der Waals surface area contributed by atoms with E-state index in [1.165, 1.54) is 0 Å². The second kappa shape index (κ2) is 6.45. The lowest BCUT2D eigenvalue weighted by Crippen LogP contribution is -2.49. The van der Waals surface area contributed by atoms with Crippen LogP contribution in [0, 0.1) is 0 Å². The van der Waals surface area contributed by atoms with Crippen molar-refractivity contribution in [3.8, 4) is 0 Å². The summed E-state index contributed by atoms with van der Waals surface area (Å²) in [5.74, 6) is 0. The first-order valence-corrected chi connectivity index (χ1v) is 5.54. The third kappa shape index (κ3) is 4.16. The van der Waals surface area contributed by atoms with Crippen molar-refractivity contribution in [1.82, 2.24) is 5.32 Å². The molecule has 2 N–H and O–H groups in total. The van der Waals surface area contributed by atoms with Gasteiger partial charge in [0.25, 0.3) is 0 Å². The van der Waals surface area contributed by atoms with Gasteiger partial charge in [-0.15, -0.1) is 0 Å². The molecule has 4 heteroatoms. The minimum Gasteiger partial charge on any atom is -0.368 e. The van der Waals surface area contributed by atoms with Crippen LogP contribution in [0.2, 0.25) is 0 Å². The molecule has 1 saturated heterocycles. The Labute approximate surface area is 96.0 Å². The van der Waals surface area contributed by atoms with Gasteiger partial charge >= 0.3 is 0 Å². The van der Waals surface area contributed by atoms with Crippen LogP contribution in [0.5, 0.6) is 0 Å². The lowest BCUT2D eigenvalue weighted by Gasteiger charge is -2.24. The van der Waals surface area contributed by atoms with Gasteiger partial charge in [0.1, 0.15) is 6.10 Å². The minimum absolute atomic E-state index is 0.248. The Balaban J connectivity index is 2.27. The van der Waals surface area contributed by atoms with Gasteiger partial charge in [-0.1, -0.05) is 24.3 Å².